The minimum absolute atomic E-state index is 0.156. The second-order valence-corrected chi connectivity index (χ2v) is 4.33. The quantitative estimate of drug-likeness (QED) is 0.565. The summed E-state index contributed by atoms with van der Waals surface area (Å²) in [6.07, 6.45) is 0.864. The van der Waals surface area contributed by atoms with E-state index >= 15 is 0 Å². The fraction of sp³-hybridized carbons (Fsp3) is 0.462. The molecule has 1 rings (SSSR count). The van der Waals surface area contributed by atoms with Crippen molar-refractivity contribution in [1.82, 2.24) is 0 Å². The van der Waals surface area contributed by atoms with Gasteiger partial charge in [-0.1, -0.05) is 11.6 Å². The number of methoxy groups -OCH3 is 1. The predicted molar refractivity (Wildman–Crippen MR) is 70.0 cm³/mol. The maximum absolute atomic E-state index is 10.7. The molecule has 1 aromatic rings. The molecule has 100 valence electrons. The molecule has 0 amide bonds. The second-order valence-electron chi connectivity index (χ2n) is 3.92. The Morgan fingerprint density at radius 1 is 1.33 bits per heavy atom. The number of hydrogen-bond acceptors (Lipinski definition) is 4. The van der Waals surface area contributed by atoms with Gasteiger partial charge in [-0.05, 0) is 26.0 Å². The molecule has 0 fully saturated rings. The van der Waals surface area contributed by atoms with E-state index in [4.69, 9.17) is 25.8 Å². The summed E-state index contributed by atoms with van der Waals surface area (Å²) >= 11 is 6.03. The van der Waals surface area contributed by atoms with Gasteiger partial charge >= 0.3 is 0 Å². The van der Waals surface area contributed by atoms with Crippen molar-refractivity contribution in [3.63, 3.8) is 0 Å². The van der Waals surface area contributed by atoms with Crippen molar-refractivity contribution in [2.24, 2.45) is 0 Å². The zero-order valence-electron chi connectivity index (χ0n) is 10.7. The SMILES string of the molecule is COc1cc(C=O)cc(Cl)c1OCCOC(C)C. The molecule has 0 spiro atoms. The maximum atomic E-state index is 10.7. The van der Waals surface area contributed by atoms with Crippen LogP contribution >= 0.6 is 11.6 Å². The van der Waals surface area contributed by atoms with Crippen molar-refractivity contribution in [2.75, 3.05) is 20.3 Å². The van der Waals surface area contributed by atoms with E-state index in [2.05, 4.69) is 0 Å². The van der Waals surface area contributed by atoms with Gasteiger partial charge in [0.2, 0.25) is 0 Å². The molecule has 0 saturated carbocycles. The molecule has 1 aromatic carbocycles. The average Bonchev–Trinajstić information content (AvgIpc) is 2.34. The van der Waals surface area contributed by atoms with Crippen molar-refractivity contribution >= 4 is 17.9 Å². The fourth-order valence-electron chi connectivity index (χ4n) is 1.38. The molecule has 0 bridgehead atoms. The van der Waals surface area contributed by atoms with E-state index in [-0.39, 0.29) is 6.10 Å². The Hall–Kier alpha value is -1.26. The molecule has 0 saturated heterocycles. The lowest BCUT2D eigenvalue weighted by atomic mass is 10.2. The normalized spacial score (nSPS) is 10.5. The smallest absolute Gasteiger partial charge is 0.179 e. The summed E-state index contributed by atoms with van der Waals surface area (Å²) in [5, 5.41) is 0.348. The molecule has 18 heavy (non-hydrogen) atoms. The Kier molecular flexibility index (Phi) is 5.95. The minimum Gasteiger partial charge on any atom is -0.493 e. The Labute approximate surface area is 112 Å². The third kappa shape index (κ3) is 4.20. The first kappa shape index (κ1) is 14.8. The molecule has 5 heteroatoms. The first-order valence-electron chi connectivity index (χ1n) is 5.65. The third-order valence-corrected chi connectivity index (χ3v) is 2.45. The summed E-state index contributed by atoms with van der Waals surface area (Å²) < 4.78 is 16.0. The summed E-state index contributed by atoms with van der Waals surface area (Å²) in [7, 11) is 1.50. The van der Waals surface area contributed by atoms with Crippen LogP contribution in [-0.2, 0) is 4.74 Å². The van der Waals surface area contributed by atoms with Gasteiger partial charge in [-0.15, -0.1) is 0 Å². The molecule has 0 aliphatic carbocycles. The molecule has 0 aliphatic heterocycles. The average molecular weight is 273 g/mol. The zero-order chi connectivity index (χ0) is 13.5. The Morgan fingerprint density at radius 2 is 2.06 bits per heavy atom. The lowest BCUT2D eigenvalue weighted by molar-refractivity contribution is 0.0547. The summed E-state index contributed by atoms with van der Waals surface area (Å²) in [5.74, 6) is 0.867. The van der Waals surface area contributed by atoms with Gasteiger partial charge in [0, 0.05) is 5.56 Å². The number of hydrogen-bond donors (Lipinski definition) is 0. The van der Waals surface area contributed by atoms with Gasteiger partial charge in [0.15, 0.2) is 11.5 Å². The molecule has 0 heterocycles. The van der Waals surface area contributed by atoms with E-state index in [9.17, 15) is 4.79 Å². The standard InChI is InChI=1S/C13H17ClO4/c1-9(2)17-4-5-18-13-11(14)6-10(8-15)7-12(13)16-3/h6-9H,4-5H2,1-3H3. The highest BCUT2D eigenvalue weighted by atomic mass is 35.5. The van der Waals surface area contributed by atoms with Crippen molar-refractivity contribution in [1.29, 1.82) is 0 Å². The van der Waals surface area contributed by atoms with Gasteiger partial charge in [0.25, 0.3) is 0 Å². The summed E-state index contributed by atoms with van der Waals surface area (Å²) in [5.41, 5.74) is 0.447. The lowest BCUT2D eigenvalue weighted by Gasteiger charge is -2.13. The molecule has 0 atom stereocenters. The highest BCUT2D eigenvalue weighted by Gasteiger charge is 2.11. The highest BCUT2D eigenvalue weighted by molar-refractivity contribution is 6.32. The number of benzene rings is 1. The van der Waals surface area contributed by atoms with E-state index < -0.39 is 0 Å². The largest absolute Gasteiger partial charge is 0.493 e. The molecule has 0 radical (unpaired) electrons. The minimum atomic E-state index is 0.156. The second kappa shape index (κ2) is 7.24. The third-order valence-electron chi connectivity index (χ3n) is 2.17. The fourth-order valence-corrected chi connectivity index (χ4v) is 1.65. The van der Waals surface area contributed by atoms with Crippen LogP contribution < -0.4 is 9.47 Å². The summed E-state index contributed by atoms with van der Waals surface area (Å²) in [6.45, 7) is 4.74. The van der Waals surface area contributed by atoms with Crippen LogP contribution in [0.15, 0.2) is 12.1 Å². The predicted octanol–water partition coefficient (Wildman–Crippen LogP) is 2.96. The van der Waals surface area contributed by atoms with E-state index in [0.717, 1.165) is 0 Å². The van der Waals surface area contributed by atoms with Crippen LogP contribution in [0.5, 0.6) is 11.5 Å². The molecular weight excluding hydrogens is 256 g/mol. The summed E-state index contributed by atoms with van der Waals surface area (Å²) in [4.78, 5) is 10.7. The van der Waals surface area contributed by atoms with Gasteiger partial charge in [-0.2, -0.15) is 0 Å². The first-order valence-corrected chi connectivity index (χ1v) is 6.03. The van der Waals surface area contributed by atoms with Crippen molar-refractivity contribution in [2.45, 2.75) is 20.0 Å². The van der Waals surface area contributed by atoms with E-state index in [1.807, 2.05) is 13.8 Å². The van der Waals surface area contributed by atoms with Gasteiger partial charge in [0.1, 0.15) is 12.9 Å². The van der Waals surface area contributed by atoms with Crippen LogP contribution in [0.2, 0.25) is 5.02 Å². The monoisotopic (exact) mass is 272 g/mol. The number of rotatable bonds is 7. The van der Waals surface area contributed by atoms with Crippen LogP contribution in [0.1, 0.15) is 24.2 Å². The molecule has 0 unspecified atom stereocenters. The van der Waals surface area contributed by atoms with Crippen LogP contribution in [0.4, 0.5) is 0 Å². The summed E-state index contributed by atoms with van der Waals surface area (Å²) in [6, 6.07) is 3.12. The van der Waals surface area contributed by atoms with E-state index in [1.54, 1.807) is 6.07 Å². The molecular formula is C13H17ClO4. The van der Waals surface area contributed by atoms with Gasteiger partial charge in [-0.3, -0.25) is 4.79 Å². The Morgan fingerprint density at radius 3 is 2.61 bits per heavy atom. The Balaban J connectivity index is 2.72. The van der Waals surface area contributed by atoms with Crippen molar-refractivity contribution in [3.05, 3.63) is 22.7 Å². The van der Waals surface area contributed by atoms with Crippen LogP contribution in [-0.4, -0.2) is 32.7 Å². The first-order chi connectivity index (χ1) is 8.58. The number of halogens is 1. The topological polar surface area (TPSA) is 44.8 Å². The molecule has 0 aromatic heterocycles. The maximum Gasteiger partial charge on any atom is 0.179 e. The van der Waals surface area contributed by atoms with Gasteiger partial charge in [0.05, 0.1) is 24.8 Å². The number of ether oxygens (including phenoxy) is 3. The number of carbonyl (C=O) groups is 1. The zero-order valence-corrected chi connectivity index (χ0v) is 11.5. The van der Waals surface area contributed by atoms with Crippen molar-refractivity contribution < 1.29 is 19.0 Å². The highest BCUT2D eigenvalue weighted by Crippen LogP contribution is 2.35. The lowest BCUT2D eigenvalue weighted by Crippen LogP contribution is -2.11. The Bertz CT molecular complexity index is 404. The van der Waals surface area contributed by atoms with Gasteiger partial charge in [-0.25, -0.2) is 0 Å². The van der Waals surface area contributed by atoms with Crippen molar-refractivity contribution in [3.8, 4) is 11.5 Å². The van der Waals surface area contributed by atoms with Gasteiger partial charge < -0.3 is 14.2 Å². The molecule has 4 nitrogen and oxygen atoms in total. The number of aldehydes is 1. The van der Waals surface area contributed by atoms with Crippen LogP contribution in [0.25, 0.3) is 0 Å². The van der Waals surface area contributed by atoms with E-state index in [0.29, 0.717) is 41.6 Å². The molecule has 0 N–H and O–H groups in total. The molecule has 0 aliphatic rings. The van der Waals surface area contributed by atoms with Crippen LogP contribution in [0, 0.1) is 0 Å². The van der Waals surface area contributed by atoms with E-state index in [1.165, 1.54) is 13.2 Å². The van der Waals surface area contributed by atoms with Crippen LogP contribution in [0.3, 0.4) is 0 Å². The number of carbonyl (C=O) groups excluding carboxylic acids is 1.